The van der Waals surface area contributed by atoms with E-state index in [-0.39, 0.29) is 0 Å². The van der Waals surface area contributed by atoms with E-state index in [9.17, 15) is 0 Å². The molecule has 0 bridgehead atoms. The summed E-state index contributed by atoms with van der Waals surface area (Å²) in [5.74, 6) is 0. The van der Waals surface area contributed by atoms with Crippen LogP contribution in [-0.4, -0.2) is 0 Å². The van der Waals surface area contributed by atoms with Gasteiger partial charge in [0.25, 0.3) is 0 Å². The molecule has 0 spiro atoms. The van der Waals surface area contributed by atoms with E-state index in [1.807, 2.05) is 0 Å². The van der Waals surface area contributed by atoms with Crippen molar-refractivity contribution < 1.29 is 8.83 Å². The minimum Gasteiger partial charge on any atom is -0.455 e. The van der Waals surface area contributed by atoms with Crippen molar-refractivity contribution in [1.82, 2.24) is 0 Å². The third-order valence-corrected chi connectivity index (χ3v) is 13.1. The van der Waals surface area contributed by atoms with Gasteiger partial charge in [-0.05, 0) is 110 Å². The van der Waals surface area contributed by atoms with E-state index in [0.29, 0.717) is 0 Å². The Balaban J connectivity index is 0.900. The summed E-state index contributed by atoms with van der Waals surface area (Å²) in [4.78, 5) is 2.33. The van der Waals surface area contributed by atoms with Gasteiger partial charge in [-0.1, -0.05) is 182 Å². The fourth-order valence-corrected chi connectivity index (χ4v) is 9.93. The summed E-state index contributed by atoms with van der Waals surface area (Å²) in [6.45, 7) is 0. The van der Waals surface area contributed by atoms with E-state index < -0.39 is 0 Å². The average Bonchev–Trinajstić information content (AvgIpc) is 3.97. The number of benzene rings is 11. The molecule has 0 aliphatic rings. The molecule has 0 aliphatic heterocycles. The Morgan fingerprint density at radius 1 is 0.262 bits per heavy atom. The van der Waals surface area contributed by atoms with Gasteiger partial charge in [0.15, 0.2) is 0 Å². The maximum Gasteiger partial charge on any atom is 0.143 e. The van der Waals surface area contributed by atoms with Gasteiger partial charge in [0.2, 0.25) is 0 Å². The molecule has 2 heterocycles. The van der Waals surface area contributed by atoms with Crippen LogP contribution in [0.4, 0.5) is 17.1 Å². The standard InChI is InChI=1S/C62H39NO2/c1-2-11-40(12-3-1)46-15-8-16-47(39-46)41-23-31-48(32-24-41)63(49-33-25-44(26-34-49)53-19-9-21-55-59-51-17-6-4-13-42(51)29-37-57(59)64-61(53)55)50-35-27-45(28-36-50)54-20-10-22-56-60-52-18-7-5-14-43(52)30-38-58(60)65-62(54)56/h1-39H. The van der Waals surface area contributed by atoms with Crippen molar-refractivity contribution >= 4 is 82.5 Å². The lowest BCUT2D eigenvalue weighted by molar-refractivity contribution is 0.670. The van der Waals surface area contributed by atoms with Crippen molar-refractivity contribution in [3.8, 4) is 44.5 Å². The molecule has 0 fully saturated rings. The molecular formula is C62H39NO2. The van der Waals surface area contributed by atoms with Gasteiger partial charge >= 0.3 is 0 Å². The molecule has 0 atom stereocenters. The van der Waals surface area contributed by atoms with Gasteiger partial charge in [0.1, 0.15) is 22.3 Å². The fraction of sp³-hybridized carbons (Fsp3) is 0. The smallest absolute Gasteiger partial charge is 0.143 e. The molecule has 13 aromatic rings. The van der Waals surface area contributed by atoms with Gasteiger partial charge in [-0.2, -0.15) is 0 Å². The average molecular weight is 830 g/mol. The number of para-hydroxylation sites is 2. The van der Waals surface area contributed by atoms with Crippen molar-refractivity contribution in [2.75, 3.05) is 4.90 Å². The van der Waals surface area contributed by atoms with E-state index in [0.717, 1.165) is 88.8 Å². The van der Waals surface area contributed by atoms with Crippen LogP contribution in [0.3, 0.4) is 0 Å². The Labute approximate surface area is 375 Å². The normalized spacial score (nSPS) is 11.7. The third kappa shape index (κ3) is 6.20. The summed E-state index contributed by atoms with van der Waals surface area (Å²) in [5, 5.41) is 9.39. The number of nitrogens with zero attached hydrogens (tertiary/aromatic N) is 1. The summed E-state index contributed by atoms with van der Waals surface area (Å²) in [6, 6.07) is 84.5. The molecule has 0 saturated carbocycles. The summed E-state index contributed by atoms with van der Waals surface area (Å²) < 4.78 is 13.3. The lowest BCUT2D eigenvalue weighted by atomic mass is 9.98. The zero-order valence-corrected chi connectivity index (χ0v) is 35.3. The molecule has 11 aromatic carbocycles. The van der Waals surface area contributed by atoms with Crippen LogP contribution < -0.4 is 4.90 Å². The minimum atomic E-state index is 0.901. The van der Waals surface area contributed by atoms with E-state index in [4.69, 9.17) is 8.83 Å². The monoisotopic (exact) mass is 829 g/mol. The third-order valence-electron chi connectivity index (χ3n) is 13.1. The Morgan fingerprint density at radius 3 is 1.14 bits per heavy atom. The van der Waals surface area contributed by atoms with E-state index in [2.05, 4.69) is 241 Å². The molecule has 2 aromatic heterocycles. The SMILES string of the molecule is c1ccc(-c2cccc(-c3ccc(N(c4ccc(-c5cccc6c5oc5ccc7ccccc7c56)cc4)c4ccc(-c5cccc6c5oc5ccc7ccccc7c56)cc4)cc3)c2)cc1. The first-order valence-corrected chi connectivity index (χ1v) is 22.1. The van der Waals surface area contributed by atoms with Gasteiger partial charge in [0.05, 0.1) is 0 Å². The molecule has 0 saturated heterocycles. The first-order valence-electron chi connectivity index (χ1n) is 22.1. The quantitative estimate of drug-likeness (QED) is 0.160. The van der Waals surface area contributed by atoms with Crippen LogP contribution in [0.25, 0.3) is 110 Å². The zero-order valence-electron chi connectivity index (χ0n) is 35.3. The van der Waals surface area contributed by atoms with Crippen molar-refractivity contribution in [3.63, 3.8) is 0 Å². The van der Waals surface area contributed by atoms with Gasteiger partial charge in [-0.3, -0.25) is 0 Å². The number of fused-ring (bicyclic) bond motifs is 10. The number of hydrogen-bond donors (Lipinski definition) is 0. The fourth-order valence-electron chi connectivity index (χ4n) is 9.93. The van der Waals surface area contributed by atoms with Crippen LogP contribution >= 0.6 is 0 Å². The summed E-state index contributed by atoms with van der Waals surface area (Å²) >= 11 is 0. The minimum absolute atomic E-state index is 0.901. The molecule has 3 heteroatoms. The number of rotatable bonds is 7. The van der Waals surface area contributed by atoms with Crippen LogP contribution in [0.5, 0.6) is 0 Å². The maximum absolute atomic E-state index is 6.64. The van der Waals surface area contributed by atoms with Crippen molar-refractivity contribution in [2.45, 2.75) is 0 Å². The second kappa shape index (κ2) is 15.0. The van der Waals surface area contributed by atoms with E-state index >= 15 is 0 Å². The van der Waals surface area contributed by atoms with E-state index in [1.54, 1.807) is 0 Å². The maximum atomic E-state index is 6.64. The molecule has 0 amide bonds. The topological polar surface area (TPSA) is 29.5 Å². The van der Waals surface area contributed by atoms with E-state index in [1.165, 1.54) is 38.2 Å². The lowest BCUT2D eigenvalue weighted by Crippen LogP contribution is -2.09. The zero-order chi connectivity index (χ0) is 42.8. The molecule has 0 N–H and O–H groups in total. The molecule has 65 heavy (non-hydrogen) atoms. The summed E-state index contributed by atoms with van der Waals surface area (Å²) in [6.07, 6.45) is 0. The predicted molar refractivity (Wildman–Crippen MR) is 272 cm³/mol. The first-order chi connectivity index (χ1) is 32.2. The molecule has 13 rings (SSSR count). The van der Waals surface area contributed by atoms with Gasteiger partial charge in [-0.15, -0.1) is 0 Å². The highest BCUT2D eigenvalue weighted by molar-refractivity contribution is 6.22. The van der Waals surface area contributed by atoms with Crippen LogP contribution in [0.1, 0.15) is 0 Å². The number of hydrogen-bond acceptors (Lipinski definition) is 3. The Kier molecular flexibility index (Phi) is 8.53. The summed E-state index contributed by atoms with van der Waals surface area (Å²) in [7, 11) is 0. The number of anilines is 3. The Hall–Kier alpha value is -8.66. The number of furan rings is 2. The van der Waals surface area contributed by atoms with Crippen molar-refractivity contribution in [2.24, 2.45) is 0 Å². The summed E-state index contributed by atoms with van der Waals surface area (Å²) in [5.41, 5.74) is 15.8. The molecule has 0 radical (unpaired) electrons. The second-order valence-electron chi connectivity index (χ2n) is 16.8. The van der Waals surface area contributed by atoms with Crippen LogP contribution in [0.2, 0.25) is 0 Å². The van der Waals surface area contributed by atoms with Crippen LogP contribution in [-0.2, 0) is 0 Å². The van der Waals surface area contributed by atoms with Crippen molar-refractivity contribution in [3.05, 3.63) is 237 Å². The Morgan fingerprint density at radius 2 is 0.646 bits per heavy atom. The van der Waals surface area contributed by atoms with Gasteiger partial charge in [-0.25, -0.2) is 0 Å². The largest absolute Gasteiger partial charge is 0.455 e. The molecule has 0 aliphatic carbocycles. The first kappa shape index (κ1) is 36.9. The van der Waals surface area contributed by atoms with Crippen molar-refractivity contribution in [1.29, 1.82) is 0 Å². The lowest BCUT2D eigenvalue weighted by Gasteiger charge is -2.26. The molecular weight excluding hydrogens is 791 g/mol. The molecule has 304 valence electrons. The van der Waals surface area contributed by atoms with Gasteiger partial charge in [0, 0.05) is 49.7 Å². The highest BCUT2D eigenvalue weighted by Crippen LogP contribution is 2.43. The second-order valence-corrected chi connectivity index (χ2v) is 16.8. The predicted octanol–water partition coefficient (Wildman–Crippen LogP) is 17.9. The molecule has 3 nitrogen and oxygen atoms in total. The molecule has 0 unspecified atom stereocenters. The van der Waals surface area contributed by atoms with Crippen LogP contribution in [0, 0.1) is 0 Å². The van der Waals surface area contributed by atoms with Crippen LogP contribution in [0.15, 0.2) is 245 Å². The van der Waals surface area contributed by atoms with Gasteiger partial charge < -0.3 is 13.7 Å². The Bertz CT molecular complexity index is 3720. The highest BCUT2D eigenvalue weighted by Gasteiger charge is 2.19. The highest BCUT2D eigenvalue weighted by atomic mass is 16.3.